The van der Waals surface area contributed by atoms with Gasteiger partial charge in [-0.25, -0.2) is 4.98 Å². The number of benzene rings is 1. The maximum atomic E-state index is 4.74. The van der Waals surface area contributed by atoms with E-state index in [1.165, 1.54) is 17.0 Å². The van der Waals surface area contributed by atoms with E-state index in [0.29, 0.717) is 5.92 Å². The topological polar surface area (TPSA) is 28.7 Å². The minimum Gasteiger partial charge on any atom is -0.336 e. The van der Waals surface area contributed by atoms with Gasteiger partial charge in [0.1, 0.15) is 0 Å². The molecule has 0 saturated carbocycles. The van der Waals surface area contributed by atoms with Crippen molar-refractivity contribution in [2.45, 2.75) is 31.3 Å². The van der Waals surface area contributed by atoms with Gasteiger partial charge < -0.3 is 4.98 Å². The summed E-state index contributed by atoms with van der Waals surface area (Å²) in [7, 11) is 0. The van der Waals surface area contributed by atoms with E-state index < -0.39 is 0 Å². The Kier molecular flexibility index (Phi) is 5.40. The van der Waals surface area contributed by atoms with Gasteiger partial charge in [-0.1, -0.05) is 55.9 Å². The molecule has 0 aliphatic carbocycles. The molecule has 4 heteroatoms. The van der Waals surface area contributed by atoms with Crippen molar-refractivity contribution in [2.75, 3.05) is 11.3 Å². The van der Waals surface area contributed by atoms with Gasteiger partial charge in [-0.3, -0.25) is 0 Å². The van der Waals surface area contributed by atoms with E-state index in [1.807, 2.05) is 11.8 Å². The van der Waals surface area contributed by atoms with E-state index in [4.69, 9.17) is 4.98 Å². The van der Waals surface area contributed by atoms with Crippen molar-refractivity contribution in [3.63, 3.8) is 0 Å². The van der Waals surface area contributed by atoms with E-state index in [9.17, 15) is 0 Å². The Morgan fingerprint density at radius 1 is 1.21 bits per heavy atom. The van der Waals surface area contributed by atoms with E-state index in [2.05, 4.69) is 55.4 Å². The van der Waals surface area contributed by atoms with E-state index in [0.717, 1.165) is 16.7 Å². The molecule has 0 saturated heterocycles. The van der Waals surface area contributed by atoms with Gasteiger partial charge in [-0.2, -0.15) is 11.8 Å². The Bertz CT molecular complexity index is 506. The minimum absolute atomic E-state index is 0.457. The summed E-state index contributed by atoms with van der Waals surface area (Å²) in [5, 5.41) is 2.08. The normalized spacial score (nSPS) is 11.2. The lowest BCUT2D eigenvalue weighted by molar-refractivity contribution is 0.808. The third-order valence-corrected chi connectivity index (χ3v) is 4.75. The Labute approximate surface area is 123 Å². The molecule has 102 valence electrons. The van der Waals surface area contributed by atoms with Crippen LogP contribution in [-0.4, -0.2) is 21.3 Å². The molecule has 2 aromatic rings. The highest BCUT2D eigenvalue weighted by atomic mass is 32.2. The zero-order valence-electron chi connectivity index (χ0n) is 11.6. The lowest BCUT2D eigenvalue weighted by atomic mass is 10.0. The van der Waals surface area contributed by atoms with Crippen LogP contribution < -0.4 is 0 Å². The number of nitrogens with one attached hydrogen (secondary N) is 1. The lowest BCUT2D eigenvalue weighted by Gasteiger charge is -2.05. The van der Waals surface area contributed by atoms with Crippen LogP contribution in [0.4, 0.5) is 0 Å². The van der Waals surface area contributed by atoms with Gasteiger partial charge in [0.2, 0.25) is 0 Å². The van der Waals surface area contributed by atoms with Crippen LogP contribution in [-0.2, 0) is 6.42 Å². The Hall–Kier alpha value is -0.870. The quantitative estimate of drug-likeness (QED) is 0.626. The number of thioether (sulfide) groups is 2. The molecule has 1 aromatic heterocycles. The van der Waals surface area contributed by atoms with Gasteiger partial charge in [-0.15, -0.1) is 0 Å². The van der Waals surface area contributed by atoms with Gasteiger partial charge in [0.05, 0.1) is 5.69 Å². The number of rotatable bonds is 6. The smallest absolute Gasteiger partial charge is 0.166 e. The summed E-state index contributed by atoms with van der Waals surface area (Å²) >= 11 is 3.61. The first kappa shape index (κ1) is 14.5. The molecule has 0 radical (unpaired) electrons. The van der Waals surface area contributed by atoms with Crippen LogP contribution >= 0.6 is 23.5 Å². The van der Waals surface area contributed by atoms with Gasteiger partial charge >= 0.3 is 0 Å². The predicted molar refractivity (Wildman–Crippen MR) is 86.2 cm³/mol. The molecule has 0 atom stereocenters. The zero-order chi connectivity index (χ0) is 13.7. The van der Waals surface area contributed by atoms with Crippen molar-refractivity contribution in [1.29, 1.82) is 0 Å². The summed E-state index contributed by atoms with van der Waals surface area (Å²) in [5.41, 5.74) is 3.78. The summed E-state index contributed by atoms with van der Waals surface area (Å²) in [5.74, 6) is 0.457. The first-order chi connectivity index (χ1) is 9.20. The summed E-state index contributed by atoms with van der Waals surface area (Å²) < 4.78 is 0. The molecule has 0 bridgehead atoms. The third-order valence-electron chi connectivity index (χ3n) is 2.87. The number of H-pyrrole nitrogens is 1. The number of aromatic amines is 1. The largest absolute Gasteiger partial charge is 0.336 e. The number of aromatic nitrogens is 2. The fraction of sp³-hybridized carbons (Fsp3) is 0.400. The second-order valence-electron chi connectivity index (χ2n) is 4.77. The molecule has 0 aliphatic heterocycles. The second kappa shape index (κ2) is 7.06. The predicted octanol–water partition coefficient (Wildman–Crippen LogP) is 4.54. The zero-order valence-corrected chi connectivity index (χ0v) is 13.3. The van der Waals surface area contributed by atoms with Crippen LogP contribution in [0.25, 0.3) is 0 Å². The lowest BCUT2D eigenvalue weighted by Crippen LogP contribution is -1.96. The average Bonchev–Trinajstić information content (AvgIpc) is 2.81. The molecule has 0 unspecified atom stereocenters. The van der Waals surface area contributed by atoms with Crippen LogP contribution in [0.5, 0.6) is 0 Å². The molecule has 1 aromatic carbocycles. The maximum Gasteiger partial charge on any atom is 0.166 e. The summed E-state index contributed by atoms with van der Waals surface area (Å²) in [6, 6.07) is 10.6. The molecule has 2 nitrogen and oxygen atoms in total. The number of hydrogen-bond acceptors (Lipinski definition) is 3. The highest BCUT2D eigenvalue weighted by molar-refractivity contribution is 8.15. The Morgan fingerprint density at radius 3 is 2.58 bits per heavy atom. The van der Waals surface area contributed by atoms with Crippen LogP contribution in [0, 0.1) is 0 Å². The second-order valence-corrected chi connectivity index (χ2v) is 6.97. The van der Waals surface area contributed by atoms with Gasteiger partial charge in [0.15, 0.2) is 5.16 Å². The molecular weight excluding hydrogens is 272 g/mol. The molecule has 0 amide bonds. The van der Waals surface area contributed by atoms with Crippen molar-refractivity contribution < 1.29 is 0 Å². The number of hydrogen-bond donors (Lipinski definition) is 1. The molecule has 1 N–H and O–H groups in total. The molecule has 1 heterocycles. The first-order valence-electron chi connectivity index (χ1n) is 6.45. The standard InChI is InChI=1S/C15H20N2S2/c1-11(2)14-13(9-12-7-5-4-6-8-12)16-15(17-14)19-10-18-3/h4-8,11H,9-10H2,1-3H3,(H,16,17). The van der Waals surface area contributed by atoms with E-state index in [-0.39, 0.29) is 0 Å². The summed E-state index contributed by atoms with van der Waals surface area (Å²) in [4.78, 5) is 8.22. The molecule has 2 rings (SSSR count). The van der Waals surface area contributed by atoms with Crippen molar-refractivity contribution in [1.82, 2.24) is 9.97 Å². The highest BCUT2D eigenvalue weighted by Gasteiger charge is 2.13. The minimum atomic E-state index is 0.457. The number of imidazole rings is 1. The summed E-state index contributed by atoms with van der Waals surface area (Å²) in [6.07, 6.45) is 3.05. The van der Waals surface area contributed by atoms with E-state index in [1.54, 1.807) is 11.8 Å². The van der Waals surface area contributed by atoms with Gasteiger partial charge in [-0.05, 0) is 17.7 Å². The maximum absolute atomic E-state index is 4.74. The van der Waals surface area contributed by atoms with Crippen molar-refractivity contribution in [3.8, 4) is 0 Å². The van der Waals surface area contributed by atoms with Crippen LogP contribution in [0.3, 0.4) is 0 Å². The van der Waals surface area contributed by atoms with Gasteiger partial charge in [0.25, 0.3) is 0 Å². The Balaban J connectivity index is 2.20. The molecule has 0 fully saturated rings. The van der Waals surface area contributed by atoms with Crippen molar-refractivity contribution in [3.05, 3.63) is 47.3 Å². The van der Waals surface area contributed by atoms with Crippen LogP contribution in [0.15, 0.2) is 35.5 Å². The molecular formula is C15H20N2S2. The SMILES string of the molecule is CSCSc1nc(C(C)C)c(Cc2ccccc2)[nH]1. The molecule has 0 aliphatic rings. The first-order valence-corrected chi connectivity index (χ1v) is 8.83. The number of nitrogens with zero attached hydrogens (tertiary/aromatic N) is 1. The molecule has 0 spiro atoms. The van der Waals surface area contributed by atoms with Gasteiger partial charge in [0, 0.05) is 17.2 Å². The van der Waals surface area contributed by atoms with Crippen LogP contribution in [0.1, 0.15) is 36.7 Å². The third kappa shape index (κ3) is 4.05. The monoisotopic (exact) mass is 292 g/mol. The fourth-order valence-electron chi connectivity index (χ4n) is 1.99. The molecule has 19 heavy (non-hydrogen) atoms. The Morgan fingerprint density at radius 2 is 1.95 bits per heavy atom. The fourth-order valence-corrected chi connectivity index (χ4v) is 3.27. The van der Waals surface area contributed by atoms with Crippen LogP contribution in [0.2, 0.25) is 0 Å². The average molecular weight is 292 g/mol. The van der Waals surface area contributed by atoms with Crippen molar-refractivity contribution >= 4 is 23.5 Å². The van der Waals surface area contributed by atoms with E-state index >= 15 is 0 Å². The van der Waals surface area contributed by atoms with Crippen molar-refractivity contribution in [2.24, 2.45) is 0 Å². The summed E-state index contributed by atoms with van der Waals surface area (Å²) in [6.45, 7) is 4.40. The highest BCUT2D eigenvalue weighted by Crippen LogP contribution is 2.25.